The van der Waals surface area contributed by atoms with Gasteiger partial charge in [-0.1, -0.05) is 12.1 Å². The molecule has 5 aromatic carbocycles. The van der Waals surface area contributed by atoms with Crippen LogP contribution in [0.15, 0.2) is 118 Å². The van der Waals surface area contributed by atoms with E-state index in [0.29, 0.717) is 6.07 Å². The topological polar surface area (TPSA) is 357 Å². The lowest BCUT2D eigenvalue weighted by Gasteiger charge is -2.16. The second-order valence-electron chi connectivity index (χ2n) is 11.9. The molecule has 4 N–H and O–H groups in total. The largest absolute Gasteiger partial charge is 0.505 e. The highest BCUT2D eigenvalue weighted by Crippen LogP contribution is 2.49. The minimum Gasteiger partial charge on any atom is -0.505 e. The summed E-state index contributed by atoms with van der Waals surface area (Å²) in [5, 5.41) is 45.7. The number of ether oxygens (including phenoxy) is 1. The molecule has 0 aliphatic rings. The number of nitrogens with zero attached hydrogens (tertiary/aromatic N) is 7. The lowest BCUT2D eigenvalue weighted by Crippen LogP contribution is -2.07. The number of non-ortho nitro benzene ring substituents is 1. The van der Waals surface area contributed by atoms with E-state index < -0.39 is 111 Å². The van der Waals surface area contributed by atoms with Gasteiger partial charge in [0, 0.05) is 23.6 Å². The average molecular weight is 923 g/mol. The Hall–Kier alpha value is -6.40. The van der Waals surface area contributed by atoms with Gasteiger partial charge in [0.2, 0.25) is 0 Å². The molecule has 0 aliphatic carbocycles. The predicted molar refractivity (Wildman–Crippen MR) is 213 cm³/mol. The molecule has 0 aromatic heterocycles. The zero-order valence-corrected chi connectivity index (χ0v) is 34.9. The van der Waals surface area contributed by atoms with Crippen molar-refractivity contribution in [1.82, 2.24) is 0 Å². The lowest BCUT2D eigenvalue weighted by atomic mass is 10.0. The number of benzene rings is 5. The Morgan fingerprint density at radius 2 is 1.23 bits per heavy atom. The molecule has 0 bridgehead atoms. The second-order valence-corrected chi connectivity index (χ2v) is 18.4. The van der Waals surface area contributed by atoms with E-state index in [1.165, 1.54) is 49.6 Å². The van der Waals surface area contributed by atoms with Crippen LogP contribution in [0.2, 0.25) is 0 Å². The maximum atomic E-state index is 13.3. The average Bonchev–Trinajstić information content (AvgIpc) is 3.21. The van der Waals surface area contributed by atoms with Crippen LogP contribution in [0.4, 0.5) is 45.5 Å². The Bertz CT molecular complexity index is 3140. The summed E-state index contributed by atoms with van der Waals surface area (Å²) in [5.74, 6) is -1.71. The molecule has 0 atom stereocenters. The van der Waals surface area contributed by atoms with E-state index in [1.54, 1.807) is 0 Å². The molecule has 0 unspecified atom stereocenters. The van der Waals surface area contributed by atoms with Gasteiger partial charge < -0.3 is 15.6 Å². The maximum Gasteiger partial charge on any atom is 0.299 e. The summed E-state index contributed by atoms with van der Waals surface area (Å²) in [5.41, 5.74) is 4.00. The van der Waals surface area contributed by atoms with E-state index in [-0.39, 0.29) is 28.4 Å². The van der Waals surface area contributed by atoms with E-state index in [0.717, 1.165) is 45.6 Å². The van der Waals surface area contributed by atoms with Crippen LogP contribution in [-0.4, -0.2) is 76.7 Å². The Morgan fingerprint density at radius 1 is 0.656 bits per heavy atom. The van der Waals surface area contributed by atoms with E-state index in [1.807, 2.05) is 0 Å². The van der Waals surface area contributed by atoms with Crippen molar-refractivity contribution in [2.75, 3.05) is 34.2 Å². The Labute approximate surface area is 346 Å². The van der Waals surface area contributed by atoms with Crippen molar-refractivity contribution in [3.63, 3.8) is 0 Å². The fourth-order valence-corrected chi connectivity index (χ4v) is 8.40. The molecule has 0 saturated heterocycles. The quantitative estimate of drug-likeness (QED) is 0.0232. The maximum absolute atomic E-state index is 13.3. The molecule has 0 aliphatic heterocycles. The van der Waals surface area contributed by atoms with Crippen molar-refractivity contribution >= 4 is 96.7 Å². The number of aromatic hydroxyl groups is 1. The Morgan fingerprint density at radius 3 is 1.84 bits per heavy atom. The first-order chi connectivity index (χ1) is 28.5. The van der Waals surface area contributed by atoms with Crippen molar-refractivity contribution in [1.29, 1.82) is 0 Å². The molecule has 0 saturated carbocycles. The van der Waals surface area contributed by atoms with Gasteiger partial charge in [-0.05, 0) is 48.0 Å². The zero-order valence-electron chi connectivity index (χ0n) is 31.6. The van der Waals surface area contributed by atoms with Gasteiger partial charge >= 0.3 is 0 Å². The summed E-state index contributed by atoms with van der Waals surface area (Å²) in [4.78, 5) is 7.84. The first kappa shape index (κ1) is 45.7. The van der Waals surface area contributed by atoms with Gasteiger partial charge in [-0.15, -0.1) is 20.5 Å². The molecule has 5 rings (SSSR count). The highest BCUT2D eigenvalue weighted by molar-refractivity contribution is 7.87. The summed E-state index contributed by atoms with van der Waals surface area (Å²) >= 11 is 0. The van der Waals surface area contributed by atoms with E-state index in [9.17, 15) is 48.9 Å². The molecule has 0 radical (unpaired) electrons. The predicted octanol–water partition coefficient (Wildman–Crippen LogP) is 6.68. The smallest absolute Gasteiger partial charge is 0.299 e. The summed E-state index contributed by atoms with van der Waals surface area (Å²) in [6, 6.07) is 14.0. The Balaban J connectivity index is 1.67. The Kier molecular flexibility index (Phi) is 13.2. The third-order valence-corrected chi connectivity index (χ3v) is 12.8. The fraction of sp³-hybridized carbons (Fsp3) is 0.152. The van der Waals surface area contributed by atoms with Crippen LogP contribution in [0.25, 0.3) is 10.8 Å². The molecule has 322 valence electrons. The first-order valence-electron chi connectivity index (χ1n) is 16.4. The molecule has 0 fully saturated rings. The van der Waals surface area contributed by atoms with Gasteiger partial charge in [0.05, 0.1) is 55.8 Å². The van der Waals surface area contributed by atoms with Crippen molar-refractivity contribution in [3.05, 3.63) is 88.5 Å². The summed E-state index contributed by atoms with van der Waals surface area (Å²) in [7, 11) is -15.1. The first-order valence-corrected chi connectivity index (χ1v) is 22.2. The van der Waals surface area contributed by atoms with Gasteiger partial charge in [-0.2, -0.15) is 43.9 Å². The molecule has 24 nitrogen and oxygen atoms in total. The summed E-state index contributed by atoms with van der Waals surface area (Å²) < 4.78 is 129. The van der Waals surface area contributed by atoms with Crippen LogP contribution in [0.5, 0.6) is 11.5 Å². The number of nitro benzene ring substituents is 1. The third-order valence-electron chi connectivity index (χ3n) is 8.17. The highest BCUT2D eigenvalue weighted by Gasteiger charge is 2.31. The number of azo groups is 3. The third kappa shape index (κ3) is 10.1. The molecule has 0 amide bonds. The fourth-order valence-electron chi connectivity index (χ4n) is 5.31. The number of phenolic OH excluding ortho intramolecular Hbond substituents is 1. The number of fused-ring (bicyclic) bond motifs is 1. The van der Waals surface area contributed by atoms with Crippen molar-refractivity contribution in [3.8, 4) is 11.5 Å². The molecule has 0 heterocycles. The molecular formula is C33H30N8O16S4. The number of phenols is 1. The van der Waals surface area contributed by atoms with Crippen molar-refractivity contribution < 1.29 is 65.5 Å². The molecule has 61 heavy (non-hydrogen) atoms. The zero-order chi connectivity index (χ0) is 45.1. The molecule has 28 heteroatoms. The number of methoxy groups -OCH3 is 1. The number of rotatable bonds is 16. The monoisotopic (exact) mass is 922 g/mol. The minimum absolute atomic E-state index is 0.0254. The van der Waals surface area contributed by atoms with Gasteiger partial charge in [0.15, 0.2) is 5.75 Å². The van der Waals surface area contributed by atoms with Crippen LogP contribution in [0, 0.1) is 10.1 Å². The number of nitro groups is 1. The van der Waals surface area contributed by atoms with E-state index in [4.69, 9.17) is 19.2 Å². The summed E-state index contributed by atoms with van der Waals surface area (Å²) in [6.45, 7) is 0. The second kappa shape index (κ2) is 17.7. The number of anilines is 1. The highest BCUT2D eigenvalue weighted by atomic mass is 32.2. The SMILES string of the molecule is COc1cc(N=Nc2cccc(CS(=O)(=O)O)c2)ccc1N=Nc1cc(S(=O)(=O)OC)c2cc(S(=O)(=O)OC)c(N=Nc3ccc([N+](=O)[O-])cc3S(=O)(=O)OC)c(O)c2c1N. The van der Waals surface area contributed by atoms with Gasteiger partial charge in [-0.3, -0.25) is 27.2 Å². The standard InChI is InChI=1S/C33H30N8O16S4/c1-54-26-13-20(36-35-19-7-5-6-18(12-19)17-58(45,46)47)8-10-23(26)37-39-25-16-27(59(48,49)55-2)22-15-29(61(52,53)57-4)32(33(42)30(22)31(25)34)40-38-24-11-9-21(41(43)44)14-28(24)60(50,51)56-3/h5-16,42H,17,34H2,1-4H3,(H,45,46,47). The molecule has 0 spiro atoms. The van der Waals surface area contributed by atoms with Crippen LogP contribution < -0.4 is 10.5 Å². The van der Waals surface area contributed by atoms with Crippen LogP contribution >= 0.6 is 0 Å². The van der Waals surface area contributed by atoms with E-state index >= 15 is 0 Å². The number of hydrogen-bond acceptors (Lipinski definition) is 22. The molecular weight excluding hydrogens is 893 g/mol. The molecule has 5 aromatic rings. The van der Waals surface area contributed by atoms with Crippen molar-refractivity contribution in [2.45, 2.75) is 20.4 Å². The summed E-state index contributed by atoms with van der Waals surface area (Å²) in [6.07, 6.45) is 0. The van der Waals surface area contributed by atoms with Crippen LogP contribution in [-0.2, 0) is 58.8 Å². The van der Waals surface area contributed by atoms with Crippen LogP contribution in [0.3, 0.4) is 0 Å². The van der Waals surface area contributed by atoms with Gasteiger partial charge in [0.1, 0.15) is 48.9 Å². The van der Waals surface area contributed by atoms with Crippen LogP contribution in [0.1, 0.15) is 5.56 Å². The van der Waals surface area contributed by atoms with E-state index in [2.05, 4.69) is 39.1 Å². The minimum atomic E-state index is -4.91. The number of nitrogen functional groups attached to an aromatic ring is 1. The van der Waals surface area contributed by atoms with Gasteiger partial charge in [0.25, 0.3) is 46.2 Å². The lowest BCUT2D eigenvalue weighted by molar-refractivity contribution is -0.385. The number of hydrogen-bond donors (Lipinski definition) is 3. The number of nitrogens with two attached hydrogens (primary N) is 1. The normalized spacial score (nSPS) is 12.9. The van der Waals surface area contributed by atoms with Gasteiger partial charge in [-0.25, -0.2) is 0 Å². The van der Waals surface area contributed by atoms with Crippen molar-refractivity contribution in [2.24, 2.45) is 30.7 Å².